The quantitative estimate of drug-likeness (QED) is 0.587. The second-order valence-electron chi connectivity index (χ2n) is 5.91. The van der Waals surface area contributed by atoms with E-state index < -0.39 is 17.6 Å². The molecule has 0 aliphatic rings. The van der Waals surface area contributed by atoms with Crippen molar-refractivity contribution in [3.05, 3.63) is 76.4 Å². The Balaban J connectivity index is 1.75. The van der Waals surface area contributed by atoms with E-state index in [1.807, 2.05) is 0 Å². The number of anilines is 1. The first kappa shape index (κ1) is 19.6. The summed E-state index contributed by atoms with van der Waals surface area (Å²) in [6, 6.07) is 9.84. The third-order valence-corrected chi connectivity index (χ3v) is 4.50. The summed E-state index contributed by atoms with van der Waals surface area (Å²) in [6.07, 6.45) is 1.57. The zero-order valence-electron chi connectivity index (χ0n) is 14.5. The maximum absolute atomic E-state index is 13.8. The molecule has 28 heavy (non-hydrogen) atoms. The number of nitrogens with zero attached hydrogens (tertiary/aromatic N) is 1. The molecule has 2 aromatic carbocycles. The fraction of sp³-hybridized carbons (Fsp3) is 0.100. The van der Waals surface area contributed by atoms with Gasteiger partial charge in [-0.05, 0) is 35.9 Å². The summed E-state index contributed by atoms with van der Waals surface area (Å²) < 4.78 is 32.9. The molecule has 0 amide bonds. The predicted molar refractivity (Wildman–Crippen MR) is 102 cm³/mol. The number of rotatable bonds is 6. The number of hydrogen-bond donors (Lipinski definition) is 2. The lowest BCUT2D eigenvalue weighted by Gasteiger charge is -2.12. The summed E-state index contributed by atoms with van der Waals surface area (Å²) in [4.78, 5) is 15.0. The Kier molecular flexibility index (Phi) is 5.75. The molecule has 0 fully saturated rings. The summed E-state index contributed by atoms with van der Waals surface area (Å²) in [5.74, 6) is -1.93. The van der Waals surface area contributed by atoms with Crippen molar-refractivity contribution in [2.45, 2.75) is 6.42 Å². The van der Waals surface area contributed by atoms with Crippen LogP contribution in [0.25, 0.3) is 11.1 Å². The van der Waals surface area contributed by atoms with Gasteiger partial charge in [0.1, 0.15) is 11.6 Å². The molecule has 3 aromatic rings. The number of halogens is 3. The lowest BCUT2D eigenvalue weighted by atomic mass is 10.1. The number of aromatic nitrogens is 1. The number of aromatic carboxylic acids is 1. The van der Waals surface area contributed by atoms with E-state index in [9.17, 15) is 13.6 Å². The molecule has 3 N–H and O–H groups in total. The summed E-state index contributed by atoms with van der Waals surface area (Å²) >= 11 is 5.80. The highest BCUT2D eigenvalue weighted by Gasteiger charge is 2.13. The van der Waals surface area contributed by atoms with Crippen molar-refractivity contribution in [1.82, 2.24) is 4.98 Å². The summed E-state index contributed by atoms with van der Waals surface area (Å²) in [6.45, 7) is 0.00732. The van der Waals surface area contributed by atoms with Crippen LogP contribution in [-0.4, -0.2) is 22.7 Å². The van der Waals surface area contributed by atoms with Gasteiger partial charge in [0.25, 0.3) is 0 Å². The molecule has 1 aromatic heterocycles. The Labute approximate surface area is 164 Å². The fourth-order valence-electron chi connectivity index (χ4n) is 2.60. The van der Waals surface area contributed by atoms with Gasteiger partial charge in [-0.1, -0.05) is 23.7 Å². The van der Waals surface area contributed by atoms with Gasteiger partial charge < -0.3 is 15.6 Å². The Morgan fingerprint density at radius 1 is 1.11 bits per heavy atom. The first-order valence-electron chi connectivity index (χ1n) is 8.21. The molecule has 0 radical (unpaired) electrons. The van der Waals surface area contributed by atoms with Gasteiger partial charge in [-0.25, -0.2) is 18.6 Å². The van der Waals surface area contributed by atoms with Crippen LogP contribution in [0.1, 0.15) is 15.9 Å². The van der Waals surface area contributed by atoms with Crippen molar-refractivity contribution in [3.8, 4) is 16.9 Å². The van der Waals surface area contributed by atoms with E-state index in [1.54, 1.807) is 18.2 Å². The molecule has 144 valence electrons. The molecule has 0 saturated carbocycles. The minimum absolute atomic E-state index is 0.00732. The van der Waals surface area contributed by atoms with Gasteiger partial charge in [0.15, 0.2) is 11.6 Å². The summed E-state index contributed by atoms with van der Waals surface area (Å²) in [5, 5.41) is 8.69. The first-order chi connectivity index (χ1) is 13.4. The average molecular weight is 405 g/mol. The zero-order valence-corrected chi connectivity index (χ0v) is 15.2. The van der Waals surface area contributed by atoms with Crippen LogP contribution in [0.3, 0.4) is 0 Å². The molecule has 0 aliphatic carbocycles. The number of benzene rings is 2. The largest absolute Gasteiger partial charge is 0.489 e. The maximum Gasteiger partial charge on any atom is 0.335 e. The van der Waals surface area contributed by atoms with E-state index >= 15 is 0 Å². The van der Waals surface area contributed by atoms with Crippen LogP contribution in [0.15, 0.2) is 48.7 Å². The van der Waals surface area contributed by atoms with E-state index in [1.165, 1.54) is 18.3 Å². The molecule has 0 spiro atoms. The van der Waals surface area contributed by atoms with Gasteiger partial charge >= 0.3 is 5.97 Å². The number of carbonyl (C=O) groups is 1. The Bertz CT molecular complexity index is 1030. The Morgan fingerprint density at radius 3 is 2.46 bits per heavy atom. The molecule has 0 aliphatic heterocycles. The van der Waals surface area contributed by atoms with E-state index in [-0.39, 0.29) is 40.7 Å². The SMILES string of the molecule is Nc1ncc(-c2ccc(C(=O)O)cc2)cc1OCCc1c(F)ccc(F)c1Cl. The molecule has 0 saturated heterocycles. The minimum Gasteiger partial charge on any atom is -0.489 e. The van der Waals surface area contributed by atoms with E-state index in [0.717, 1.165) is 17.7 Å². The highest BCUT2D eigenvalue weighted by atomic mass is 35.5. The highest BCUT2D eigenvalue weighted by Crippen LogP contribution is 2.28. The number of carboxylic acids is 1. The summed E-state index contributed by atoms with van der Waals surface area (Å²) in [5.41, 5.74) is 7.39. The standard InChI is InChI=1S/C20H15ClF2N2O3/c21-18-14(15(22)5-6-16(18)23)7-8-28-17-9-13(10-25-19(17)24)11-1-3-12(4-2-11)20(26)27/h1-6,9-10H,7-8H2,(H2,24,25)(H,26,27). The van der Waals surface area contributed by atoms with Gasteiger partial charge in [-0.15, -0.1) is 0 Å². The smallest absolute Gasteiger partial charge is 0.335 e. The van der Waals surface area contributed by atoms with Crippen LogP contribution in [0.4, 0.5) is 14.6 Å². The van der Waals surface area contributed by atoms with Gasteiger partial charge in [0.2, 0.25) is 0 Å². The van der Waals surface area contributed by atoms with Gasteiger partial charge in [0, 0.05) is 23.7 Å². The highest BCUT2D eigenvalue weighted by molar-refractivity contribution is 6.31. The van der Waals surface area contributed by atoms with Crippen LogP contribution in [-0.2, 0) is 6.42 Å². The maximum atomic E-state index is 13.8. The van der Waals surface area contributed by atoms with E-state index in [2.05, 4.69) is 4.98 Å². The number of nitrogens with two attached hydrogens (primary N) is 1. The average Bonchev–Trinajstić information content (AvgIpc) is 2.69. The van der Waals surface area contributed by atoms with Crippen LogP contribution < -0.4 is 10.5 Å². The topological polar surface area (TPSA) is 85.4 Å². The van der Waals surface area contributed by atoms with Gasteiger partial charge in [-0.2, -0.15) is 0 Å². The molecular formula is C20H15ClF2N2O3. The Hall–Kier alpha value is -3.19. The third-order valence-electron chi connectivity index (χ3n) is 4.10. The molecule has 5 nitrogen and oxygen atoms in total. The zero-order chi connectivity index (χ0) is 20.3. The van der Waals surface area contributed by atoms with Crippen LogP contribution >= 0.6 is 11.6 Å². The van der Waals surface area contributed by atoms with E-state index in [0.29, 0.717) is 5.56 Å². The monoisotopic (exact) mass is 404 g/mol. The first-order valence-corrected chi connectivity index (χ1v) is 8.59. The molecule has 1 heterocycles. The van der Waals surface area contributed by atoms with Crippen molar-refractivity contribution >= 4 is 23.4 Å². The Morgan fingerprint density at radius 2 is 1.79 bits per heavy atom. The molecule has 8 heteroatoms. The van der Waals surface area contributed by atoms with Crippen molar-refractivity contribution in [1.29, 1.82) is 0 Å². The minimum atomic E-state index is -1.02. The number of nitrogen functional groups attached to an aromatic ring is 1. The second-order valence-corrected chi connectivity index (χ2v) is 6.29. The van der Waals surface area contributed by atoms with Crippen LogP contribution in [0.2, 0.25) is 5.02 Å². The van der Waals surface area contributed by atoms with Crippen LogP contribution in [0, 0.1) is 11.6 Å². The van der Waals surface area contributed by atoms with Crippen molar-refractivity contribution < 1.29 is 23.4 Å². The summed E-state index contributed by atoms with van der Waals surface area (Å²) in [7, 11) is 0. The van der Waals surface area contributed by atoms with Gasteiger partial charge in [-0.3, -0.25) is 0 Å². The van der Waals surface area contributed by atoms with Gasteiger partial charge in [0.05, 0.1) is 17.2 Å². The molecule has 0 unspecified atom stereocenters. The fourth-order valence-corrected chi connectivity index (χ4v) is 2.84. The predicted octanol–water partition coefficient (Wildman–Crippen LogP) is 4.58. The second kappa shape index (κ2) is 8.22. The number of carboxylic acid groups (broad SMARTS) is 1. The lowest BCUT2D eigenvalue weighted by Crippen LogP contribution is -2.07. The normalized spacial score (nSPS) is 10.7. The number of pyridine rings is 1. The van der Waals surface area contributed by atoms with Crippen molar-refractivity contribution in [2.24, 2.45) is 0 Å². The van der Waals surface area contributed by atoms with E-state index in [4.69, 9.17) is 27.2 Å². The number of hydrogen-bond acceptors (Lipinski definition) is 4. The number of ether oxygens (including phenoxy) is 1. The lowest BCUT2D eigenvalue weighted by molar-refractivity contribution is 0.0697. The van der Waals surface area contributed by atoms with Crippen molar-refractivity contribution in [3.63, 3.8) is 0 Å². The molecular weight excluding hydrogens is 390 g/mol. The molecule has 0 atom stereocenters. The van der Waals surface area contributed by atoms with Crippen LogP contribution in [0.5, 0.6) is 5.75 Å². The third kappa shape index (κ3) is 4.20. The van der Waals surface area contributed by atoms with Crippen molar-refractivity contribution in [2.75, 3.05) is 12.3 Å². The molecule has 3 rings (SSSR count). The molecule has 0 bridgehead atoms.